The van der Waals surface area contributed by atoms with Crippen molar-refractivity contribution in [3.63, 3.8) is 0 Å². The second-order valence-corrected chi connectivity index (χ2v) is 7.53. The Kier molecular flexibility index (Phi) is 6.05. The number of carbonyl (C=O) groups excluding carboxylic acids is 2. The molecule has 0 aliphatic carbocycles. The van der Waals surface area contributed by atoms with Crippen molar-refractivity contribution in [3.05, 3.63) is 95.3 Å². The number of aromatic nitrogens is 1. The van der Waals surface area contributed by atoms with Crippen molar-refractivity contribution in [2.24, 2.45) is 0 Å². The molecule has 0 radical (unpaired) electrons. The van der Waals surface area contributed by atoms with Crippen molar-refractivity contribution in [2.75, 3.05) is 13.7 Å². The lowest BCUT2D eigenvalue weighted by Crippen LogP contribution is -2.33. The Bertz CT molecular complexity index is 1230. The summed E-state index contributed by atoms with van der Waals surface area (Å²) in [6.45, 7) is 0.358. The summed E-state index contributed by atoms with van der Waals surface area (Å²) in [4.78, 5) is 25.8. The predicted octanol–water partition coefficient (Wildman–Crippen LogP) is 4.81. The molecule has 0 aliphatic rings. The van der Waals surface area contributed by atoms with Crippen LogP contribution in [0.5, 0.6) is 5.75 Å². The van der Waals surface area contributed by atoms with Gasteiger partial charge in [0.25, 0.3) is 11.7 Å². The van der Waals surface area contributed by atoms with Crippen LogP contribution in [0.15, 0.2) is 79.0 Å². The van der Waals surface area contributed by atoms with E-state index in [0.29, 0.717) is 29.2 Å². The van der Waals surface area contributed by atoms with Crippen molar-refractivity contribution in [1.29, 1.82) is 0 Å². The van der Waals surface area contributed by atoms with E-state index in [9.17, 15) is 9.59 Å². The number of ketones is 1. The zero-order valence-corrected chi connectivity index (χ0v) is 17.7. The van der Waals surface area contributed by atoms with Gasteiger partial charge < -0.3 is 14.5 Å². The molecule has 2 aromatic carbocycles. The molecule has 0 atom stereocenters. The van der Waals surface area contributed by atoms with E-state index in [2.05, 4.69) is 5.32 Å². The second kappa shape index (κ2) is 9.06. The van der Waals surface area contributed by atoms with Crippen LogP contribution in [0.1, 0.15) is 16.1 Å². The molecule has 1 N–H and O–H groups in total. The lowest BCUT2D eigenvalue weighted by atomic mass is 10.0. The summed E-state index contributed by atoms with van der Waals surface area (Å²) in [5, 5.41) is 3.35. The van der Waals surface area contributed by atoms with Gasteiger partial charge in [-0.15, -0.1) is 0 Å². The van der Waals surface area contributed by atoms with Gasteiger partial charge in [-0.05, 0) is 60.0 Å². The smallest absolute Gasteiger partial charge is 0.294 e. The third-order valence-electron chi connectivity index (χ3n) is 5.11. The molecule has 1 amide bonds. The molecular formula is C25H21ClN2O3. The third kappa shape index (κ3) is 4.47. The van der Waals surface area contributed by atoms with Crippen molar-refractivity contribution in [2.45, 2.75) is 6.42 Å². The van der Waals surface area contributed by atoms with E-state index in [4.69, 9.17) is 16.3 Å². The quantitative estimate of drug-likeness (QED) is 0.337. The summed E-state index contributed by atoms with van der Waals surface area (Å²) in [6.07, 6.45) is 2.40. The van der Waals surface area contributed by atoms with Crippen LogP contribution in [0.2, 0.25) is 5.02 Å². The first kappa shape index (κ1) is 20.7. The fourth-order valence-corrected chi connectivity index (χ4v) is 3.63. The Labute approximate surface area is 185 Å². The van der Waals surface area contributed by atoms with Gasteiger partial charge in [0.1, 0.15) is 11.4 Å². The highest BCUT2D eigenvalue weighted by molar-refractivity contribution is 6.43. The molecule has 31 heavy (non-hydrogen) atoms. The van der Waals surface area contributed by atoms with Crippen LogP contribution in [-0.4, -0.2) is 29.7 Å². The van der Waals surface area contributed by atoms with E-state index < -0.39 is 11.7 Å². The zero-order chi connectivity index (χ0) is 21.8. The number of methoxy groups -OCH3 is 1. The largest absolute Gasteiger partial charge is 0.497 e. The van der Waals surface area contributed by atoms with E-state index in [-0.39, 0.29) is 0 Å². The first-order valence-corrected chi connectivity index (χ1v) is 10.3. The van der Waals surface area contributed by atoms with Gasteiger partial charge in [0.05, 0.1) is 7.11 Å². The molecule has 0 fully saturated rings. The number of fused-ring (bicyclic) bond motifs is 1. The summed E-state index contributed by atoms with van der Waals surface area (Å²) in [7, 11) is 1.62. The highest BCUT2D eigenvalue weighted by Crippen LogP contribution is 2.29. The predicted molar refractivity (Wildman–Crippen MR) is 122 cm³/mol. The number of pyridine rings is 1. The number of carbonyl (C=O) groups is 2. The standard InChI is InChI=1S/C25H21ClN2O3/c1-31-21-11-5-17(6-12-21)13-14-27-25(30)24(29)23-22(18-7-9-19(26)10-8-18)16-20-4-2-3-15-28(20)23/h2-12,15-16H,13-14H2,1H3,(H,27,30). The molecule has 0 aliphatic heterocycles. The minimum atomic E-state index is -0.632. The van der Waals surface area contributed by atoms with Gasteiger partial charge in [-0.2, -0.15) is 0 Å². The van der Waals surface area contributed by atoms with Crippen LogP contribution in [0, 0.1) is 0 Å². The van der Waals surface area contributed by atoms with Crippen LogP contribution in [0.25, 0.3) is 16.6 Å². The van der Waals surface area contributed by atoms with Gasteiger partial charge in [-0.3, -0.25) is 9.59 Å². The van der Waals surface area contributed by atoms with Crippen LogP contribution >= 0.6 is 11.6 Å². The SMILES string of the molecule is COc1ccc(CCNC(=O)C(=O)c2c(-c3ccc(Cl)cc3)cc3ccccn23)cc1. The molecule has 6 heteroatoms. The first-order chi connectivity index (χ1) is 15.1. The Hall–Kier alpha value is -3.57. The third-order valence-corrected chi connectivity index (χ3v) is 5.37. The molecule has 2 aromatic heterocycles. The topological polar surface area (TPSA) is 59.8 Å². The summed E-state index contributed by atoms with van der Waals surface area (Å²) < 4.78 is 6.90. The molecule has 4 rings (SSSR count). The van der Waals surface area contributed by atoms with Gasteiger partial charge in [0.15, 0.2) is 0 Å². The number of amides is 1. The highest BCUT2D eigenvalue weighted by atomic mass is 35.5. The summed E-state index contributed by atoms with van der Waals surface area (Å²) >= 11 is 6.01. The van der Waals surface area contributed by atoms with Crippen molar-refractivity contribution in [3.8, 4) is 16.9 Å². The molecule has 0 spiro atoms. The lowest BCUT2D eigenvalue weighted by Gasteiger charge is -2.08. The molecule has 156 valence electrons. The van der Waals surface area contributed by atoms with Crippen LogP contribution in [0.3, 0.4) is 0 Å². The maximum absolute atomic E-state index is 13.1. The molecule has 0 saturated carbocycles. The van der Waals surface area contributed by atoms with E-state index in [1.54, 1.807) is 29.8 Å². The maximum atomic E-state index is 13.1. The van der Waals surface area contributed by atoms with E-state index >= 15 is 0 Å². The van der Waals surface area contributed by atoms with Gasteiger partial charge in [-0.1, -0.05) is 41.9 Å². The molecular weight excluding hydrogens is 412 g/mol. The summed E-state index contributed by atoms with van der Waals surface area (Å²) in [6, 6.07) is 22.4. The Morgan fingerprint density at radius 1 is 1.00 bits per heavy atom. The maximum Gasteiger partial charge on any atom is 0.294 e. The van der Waals surface area contributed by atoms with Gasteiger partial charge in [0.2, 0.25) is 0 Å². The van der Waals surface area contributed by atoms with E-state index in [0.717, 1.165) is 22.4 Å². The molecule has 4 aromatic rings. The highest BCUT2D eigenvalue weighted by Gasteiger charge is 2.24. The Morgan fingerprint density at radius 3 is 2.45 bits per heavy atom. The second-order valence-electron chi connectivity index (χ2n) is 7.09. The normalized spacial score (nSPS) is 10.8. The zero-order valence-electron chi connectivity index (χ0n) is 17.0. The lowest BCUT2D eigenvalue weighted by molar-refractivity contribution is -0.117. The number of ether oxygens (including phenoxy) is 1. The number of Topliss-reactive ketones (excluding diaryl/α,β-unsaturated/α-hetero) is 1. The van der Waals surface area contributed by atoms with Gasteiger partial charge in [-0.25, -0.2) is 0 Å². The van der Waals surface area contributed by atoms with E-state index in [1.807, 2.05) is 60.7 Å². The minimum Gasteiger partial charge on any atom is -0.497 e. The van der Waals surface area contributed by atoms with Gasteiger partial charge >= 0.3 is 0 Å². The number of halogens is 1. The summed E-state index contributed by atoms with van der Waals surface area (Å²) in [5.41, 5.74) is 3.73. The fourth-order valence-electron chi connectivity index (χ4n) is 3.51. The first-order valence-electron chi connectivity index (χ1n) is 9.88. The Balaban J connectivity index is 1.55. The number of benzene rings is 2. The number of rotatable bonds is 7. The van der Waals surface area contributed by atoms with Crippen molar-refractivity contribution < 1.29 is 14.3 Å². The molecule has 5 nitrogen and oxygen atoms in total. The van der Waals surface area contributed by atoms with Crippen LogP contribution in [0.4, 0.5) is 0 Å². The monoisotopic (exact) mass is 432 g/mol. The fraction of sp³-hybridized carbons (Fsp3) is 0.120. The average molecular weight is 433 g/mol. The van der Waals surface area contributed by atoms with Crippen LogP contribution < -0.4 is 10.1 Å². The molecule has 0 bridgehead atoms. The molecule has 0 saturated heterocycles. The van der Waals surface area contributed by atoms with E-state index in [1.165, 1.54) is 0 Å². The Morgan fingerprint density at radius 2 is 1.74 bits per heavy atom. The molecule has 2 heterocycles. The van der Waals surface area contributed by atoms with Gasteiger partial charge in [0, 0.05) is 28.8 Å². The number of hydrogen-bond acceptors (Lipinski definition) is 3. The number of nitrogens with zero attached hydrogens (tertiary/aromatic N) is 1. The number of hydrogen-bond donors (Lipinski definition) is 1. The minimum absolute atomic E-state index is 0.333. The summed E-state index contributed by atoms with van der Waals surface area (Å²) in [5.74, 6) is -0.434. The van der Waals surface area contributed by atoms with Crippen molar-refractivity contribution >= 4 is 28.8 Å². The molecule has 0 unspecified atom stereocenters. The van der Waals surface area contributed by atoms with Crippen LogP contribution in [-0.2, 0) is 11.2 Å². The van der Waals surface area contributed by atoms with Crippen molar-refractivity contribution in [1.82, 2.24) is 9.72 Å². The average Bonchev–Trinajstić information content (AvgIpc) is 3.19. The number of nitrogens with one attached hydrogen (secondary N) is 1.